The third-order valence-corrected chi connectivity index (χ3v) is 27.2. The van der Waals surface area contributed by atoms with Gasteiger partial charge in [0.25, 0.3) is 0 Å². The molecule has 0 amide bonds. The van der Waals surface area contributed by atoms with Crippen LogP contribution in [0.2, 0.25) is 0 Å². The molecule has 14 fully saturated rings. The molecule has 13 bridgehead atoms. The van der Waals surface area contributed by atoms with Crippen LogP contribution in [0.5, 0.6) is 0 Å². The molecule has 0 aromatic heterocycles. The Morgan fingerprint density at radius 3 is 1.96 bits per heavy atom. The molecular weight excluding hydrogens is 865 g/mol. The predicted octanol–water partition coefficient (Wildman–Crippen LogP) is 19.1. The number of hydrogen-bond acceptors (Lipinski definition) is 0. The Morgan fingerprint density at radius 1 is 0.500 bits per heavy atom. The Morgan fingerprint density at radius 2 is 1.19 bits per heavy atom. The zero-order valence-electron chi connectivity index (χ0n) is 45.9. The van der Waals surface area contributed by atoms with Gasteiger partial charge in [0.15, 0.2) is 0 Å². The summed E-state index contributed by atoms with van der Waals surface area (Å²) in [6.07, 6.45) is 33.8. The fourth-order valence-corrected chi connectivity index (χ4v) is 25.1. The number of fused-ring (bicyclic) bond motifs is 9. The van der Waals surface area contributed by atoms with E-state index in [4.69, 9.17) is 0 Å². The van der Waals surface area contributed by atoms with Crippen LogP contribution in [0, 0.1) is 100 Å². The number of benzene rings is 3. The standard InChI is InChI=1S/C72H90/c1-8-39-18-40-9-12-54(46(20-39)21-40)47-28-57(67-56-14-11-45(31-61(56)70(4,5)62(67)32-47)66-52-27-53-35-72(34-52)36-59(66)69(53)72)58-29-51(64-38(3)17-41-15-37(2)16-48(64)22-41)33-63-68(58)55-13-10-44(30-60(55)71(63,6)7)65-49-23-42-19-43(25-49)26-50(65)24-42/h11,14,28-33,37-43,46,48-50,52-54,59,64-66,69H,8-10,12-13,15-27,34-36H2,1-7H3. The normalized spacial score (nSPS) is 46.2. The number of hydrogen-bond donors (Lipinski definition) is 0. The summed E-state index contributed by atoms with van der Waals surface area (Å²) in [5.41, 5.74) is 24.6. The lowest BCUT2D eigenvalue weighted by molar-refractivity contribution is -0.288. The summed E-state index contributed by atoms with van der Waals surface area (Å²) < 4.78 is 0. The van der Waals surface area contributed by atoms with Gasteiger partial charge in [0.1, 0.15) is 0 Å². The molecule has 0 heterocycles. The van der Waals surface area contributed by atoms with Gasteiger partial charge in [-0.25, -0.2) is 0 Å². The Labute approximate surface area is 436 Å². The van der Waals surface area contributed by atoms with Gasteiger partial charge >= 0.3 is 0 Å². The minimum Gasteiger partial charge on any atom is -0.0659 e. The van der Waals surface area contributed by atoms with Crippen LogP contribution in [0.15, 0.2) is 59.7 Å². The highest BCUT2D eigenvalue weighted by Gasteiger charge is 2.74. The largest absolute Gasteiger partial charge is 0.0659 e. The van der Waals surface area contributed by atoms with Gasteiger partial charge in [-0.3, -0.25) is 0 Å². The molecule has 0 saturated heterocycles. The maximum atomic E-state index is 2.93. The monoisotopic (exact) mass is 955 g/mol. The van der Waals surface area contributed by atoms with Crippen molar-refractivity contribution in [3.63, 3.8) is 0 Å². The highest BCUT2D eigenvalue weighted by Crippen LogP contribution is 2.82. The van der Waals surface area contributed by atoms with Gasteiger partial charge in [-0.05, 0) is 319 Å². The van der Waals surface area contributed by atoms with Crippen molar-refractivity contribution in [2.75, 3.05) is 0 Å². The molecule has 20 rings (SSSR count). The van der Waals surface area contributed by atoms with Crippen LogP contribution in [0.4, 0.5) is 0 Å². The zero-order valence-corrected chi connectivity index (χ0v) is 45.9. The Kier molecular flexibility index (Phi) is 9.22. The molecule has 0 radical (unpaired) electrons. The average Bonchev–Trinajstić information content (AvgIpc) is 3.71. The molecular formula is C72H90. The maximum absolute atomic E-state index is 2.93. The second kappa shape index (κ2) is 15.0. The molecule has 0 N–H and O–H groups in total. The molecule has 17 aliphatic carbocycles. The highest BCUT2D eigenvalue weighted by atomic mass is 14.8. The molecule has 15 unspecified atom stereocenters. The van der Waals surface area contributed by atoms with Crippen molar-refractivity contribution in [3.05, 3.63) is 98.6 Å². The van der Waals surface area contributed by atoms with Crippen molar-refractivity contribution in [2.24, 2.45) is 100 Å². The highest BCUT2D eigenvalue weighted by molar-refractivity contribution is 6.00. The first-order valence-corrected chi connectivity index (χ1v) is 31.8. The summed E-state index contributed by atoms with van der Waals surface area (Å²) >= 11 is 0. The van der Waals surface area contributed by atoms with E-state index in [1.807, 2.05) is 5.57 Å². The fourth-order valence-electron chi connectivity index (χ4n) is 25.1. The minimum absolute atomic E-state index is 0.00982. The quantitative estimate of drug-likeness (QED) is 0.231. The summed E-state index contributed by atoms with van der Waals surface area (Å²) in [5, 5.41) is 0. The molecule has 1 spiro atoms. The first kappa shape index (κ1) is 44.3. The smallest absolute Gasteiger partial charge is 0.0159 e. The molecule has 17 aliphatic rings. The molecule has 0 aliphatic heterocycles. The van der Waals surface area contributed by atoms with Crippen LogP contribution in [-0.2, 0) is 10.8 Å². The van der Waals surface area contributed by atoms with E-state index < -0.39 is 0 Å². The Hall–Kier alpha value is -2.86. The Bertz CT molecular complexity index is 2850. The third-order valence-electron chi connectivity index (χ3n) is 27.2. The van der Waals surface area contributed by atoms with E-state index in [1.54, 1.807) is 98.0 Å². The van der Waals surface area contributed by atoms with E-state index >= 15 is 0 Å². The van der Waals surface area contributed by atoms with Gasteiger partial charge < -0.3 is 0 Å². The molecule has 0 heteroatoms. The number of allylic oxidation sites excluding steroid dienone is 4. The van der Waals surface area contributed by atoms with E-state index in [1.165, 1.54) is 109 Å². The molecule has 14 saturated carbocycles. The van der Waals surface area contributed by atoms with Crippen molar-refractivity contribution in [1.29, 1.82) is 0 Å². The van der Waals surface area contributed by atoms with Crippen LogP contribution >= 0.6 is 0 Å². The number of rotatable bonds is 6. The van der Waals surface area contributed by atoms with Crippen molar-refractivity contribution in [1.82, 2.24) is 0 Å². The minimum atomic E-state index is -0.0193. The Balaban J connectivity index is 0.869. The van der Waals surface area contributed by atoms with Crippen molar-refractivity contribution < 1.29 is 0 Å². The summed E-state index contributed by atoms with van der Waals surface area (Å²) in [6.45, 7) is 18.5. The maximum Gasteiger partial charge on any atom is 0.0159 e. The van der Waals surface area contributed by atoms with Gasteiger partial charge in [0.2, 0.25) is 0 Å². The second-order valence-corrected chi connectivity index (χ2v) is 31.5. The molecule has 3 aromatic carbocycles. The van der Waals surface area contributed by atoms with Crippen LogP contribution in [0.25, 0.3) is 27.8 Å². The summed E-state index contributed by atoms with van der Waals surface area (Å²) in [6, 6.07) is 19.9. The lowest BCUT2D eigenvalue weighted by Crippen LogP contribution is -2.71. The summed E-state index contributed by atoms with van der Waals surface area (Å²) in [4.78, 5) is 0. The average molecular weight is 956 g/mol. The van der Waals surface area contributed by atoms with Crippen molar-refractivity contribution >= 4 is 5.57 Å². The van der Waals surface area contributed by atoms with Crippen LogP contribution < -0.4 is 0 Å². The van der Waals surface area contributed by atoms with E-state index in [-0.39, 0.29) is 10.8 Å². The van der Waals surface area contributed by atoms with Crippen LogP contribution in [0.3, 0.4) is 0 Å². The lowest BCUT2D eigenvalue weighted by atomic mass is 9.25. The zero-order chi connectivity index (χ0) is 48.1. The fraction of sp³-hybridized carbons (Fsp3) is 0.694. The molecule has 72 heavy (non-hydrogen) atoms. The van der Waals surface area contributed by atoms with Gasteiger partial charge in [-0.1, -0.05) is 109 Å². The predicted molar refractivity (Wildman–Crippen MR) is 298 cm³/mol. The summed E-state index contributed by atoms with van der Waals surface area (Å²) in [5.74, 6) is 17.1. The first-order chi connectivity index (χ1) is 34.8. The lowest BCUT2D eigenvalue weighted by Gasteiger charge is -2.79. The molecule has 3 aromatic rings. The van der Waals surface area contributed by atoms with Gasteiger partial charge in [0, 0.05) is 10.8 Å². The summed E-state index contributed by atoms with van der Waals surface area (Å²) in [7, 11) is 0. The third kappa shape index (κ3) is 5.90. The van der Waals surface area contributed by atoms with E-state index in [0.29, 0.717) is 11.8 Å². The molecule has 378 valence electrons. The first-order valence-electron chi connectivity index (χ1n) is 31.8. The van der Waals surface area contributed by atoms with Crippen molar-refractivity contribution in [2.45, 2.75) is 212 Å². The SMILES string of the molecule is CCC1CC2CCC(c3cc(-c4cc(C5C(C)CC6CC(C)CC5C6)cc5c4C4=C(C=C(C6C7CC8CC(C7)CC6C8)CC4)C5(C)C)c4c(c3)C(C)(C)c3cc(C5C6CC7CC8(C6)CC5C78)ccc3-4)C(C1)C2. The van der Waals surface area contributed by atoms with Crippen LogP contribution in [0.1, 0.15) is 240 Å². The van der Waals surface area contributed by atoms with E-state index in [2.05, 4.69) is 97.0 Å². The topological polar surface area (TPSA) is 0 Å². The molecule has 0 nitrogen and oxygen atoms in total. The van der Waals surface area contributed by atoms with E-state index in [0.717, 1.165) is 106 Å². The second-order valence-electron chi connectivity index (χ2n) is 31.5. The van der Waals surface area contributed by atoms with E-state index in [9.17, 15) is 0 Å². The van der Waals surface area contributed by atoms with Gasteiger partial charge in [0.05, 0.1) is 0 Å². The van der Waals surface area contributed by atoms with Gasteiger partial charge in [-0.15, -0.1) is 0 Å². The van der Waals surface area contributed by atoms with Gasteiger partial charge in [-0.2, -0.15) is 0 Å². The molecule has 15 atom stereocenters. The van der Waals surface area contributed by atoms with Crippen LogP contribution in [-0.4, -0.2) is 0 Å². The van der Waals surface area contributed by atoms with Crippen molar-refractivity contribution in [3.8, 4) is 22.3 Å².